The van der Waals surface area contributed by atoms with Gasteiger partial charge >= 0.3 is 0 Å². The van der Waals surface area contributed by atoms with Crippen molar-refractivity contribution in [2.45, 2.75) is 12.0 Å². The topological polar surface area (TPSA) is 78.8 Å². The highest BCUT2D eigenvalue weighted by Crippen LogP contribution is 2.40. The Bertz CT molecular complexity index is 967. The molecule has 0 aromatic heterocycles. The van der Waals surface area contributed by atoms with Gasteiger partial charge in [-0.25, -0.2) is 0 Å². The molecule has 1 aliphatic heterocycles. The van der Waals surface area contributed by atoms with E-state index in [4.69, 9.17) is 9.47 Å². The molecule has 2 unspecified atom stereocenters. The third-order valence-electron chi connectivity index (χ3n) is 4.69. The first-order valence-electron chi connectivity index (χ1n) is 8.58. The number of aliphatic hydroxyl groups excluding tert-OH is 1. The minimum atomic E-state index is -1.36. The van der Waals surface area contributed by atoms with E-state index in [9.17, 15) is 15.0 Å². The minimum absolute atomic E-state index is 0.0914. The molecule has 0 fully saturated rings. The molecule has 0 saturated carbocycles. The number of carboxylic acid groups (broad SMARTS) is 1. The molecule has 1 N–H and O–H groups in total. The predicted octanol–water partition coefficient (Wildman–Crippen LogP) is 2.65. The molecule has 0 saturated heterocycles. The van der Waals surface area contributed by atoms with Gasteiger partial charge in [0.2, 0.25) is 6.79 Å². The van der Waals surface area contributed by atoms with Gasteiger partial charge in [-0.3, -0.25) is 0 Å². The van der Waals surface area contributed by atoms with Gasteiger partial charge in [-0.15, -0.1) is 0 Å². The zero-order valence-corrected chi connectivity index (χ0v) is 14.4. The van der Waals surface area contributed by atoms with Gasteiger partial charge in [0.05, 0.1) is 18.0 Å². The smallest absolute Gasteiger partial charge is 0.231 e. The van der Waals surface area contributed by atoms with E-state index in [0.717, 1.165) is 11.1 Å². The Hall–Kier alpha value is -3.31. The maximum absolute atomic E-state index is 11.9. The third kappa shape index (κ3) is 3.25. The van der Waals surface area contributed by atoms with Gasteiger partial charge in [0.1, 0.15) is 0 Å². The van der Waals surface area contributed by atoms with Crippen LogP contribution in [0.5, 0.6) is 11.5 Å². The van der Waals surface area contributed by atoms with Gasteiger partial charge in [-0.2, -0.15) is 0 Å². The summed E-state index contributed by atoms with van der Waals surface area (Å²) in [6, 6.07) is 21.6. The van der Waals surface area contributed by atoms with E-state index in [1.807, 2.05) is 42.5 Å². The lowest BCUT2D eigenvalue weighted by Crippen LogP contribution is -2.33. The fraction of sp³-hybridized carbons (Fsp3) is 0.136. The van der Waals surface area contributed by atoms with E-state index in [0.29, 0.717) is 22.6 Å². The molecule has 27 heavy (non-hydrogen) atoms. The van der Waals surface area contributed by atoms with Crippen molar-refractivity contribution in [3.05, 3.63) is 83.9 Å². The van der Waals surface area contributed by atoms with Crippen LogP contribution in [0.2, 0.25) is 0 Å². The van der Waals surface area contributed by atoms with E-state index < -0.39 is 18.0 Å². The lowest BCUT2D eigenvalue weighted by Gasteiger charge is -2.26. The van der Waals surface area contributed by atoms with Gasteiger partial charge in [0.25, 0.3) is 0 Å². The van der Waals surface area contributed by atoms with Crippen molar-refractivity contribution in [1.29, 1.82) is 0 Å². The van der Waals surface area contributed by atoms with Gasteiger partial charge in [0, 0.05) is 0 Å². The van der Waals surface area contributed by atoms with Gasteiger partial charge in [-0.1, -0.05) is 60.7 Å². The van der Waals surface area contributed by atoms with Crippen LogP contribution >= 0.6 is 0 Å². The first kappa shape index (κ1) is 17.1. The zero-order valence-electron chi connectivity index (χ0n) is 14.4. The summed E-state index contributed by atoms with van der Waals surface area (Å²) in [4.78, 5) is 11.9. The Morgan fingerprint density at radius 1 is 0.926 bits per heavy atom. The zero-order chi connectivity index (χ0) is 18.8. The van der Waals surface area contributed by atoms with Crippen LogP contribution in [-0.2, 0) is 4.79 Å². The molecule has 2 atom stereocenters. The van der Waals surface area contributed by atoms with Crippen LogP contribution in [0.25, 0.3) is 11.1 Å². The maximum Gasteiger partial charge on any atom is 0.231 e. The molecule has 136 valence electrons. The van der Waals surface area contributed by atoms with E-state index >= 15 is 0 Å². The fourth-order valence-corrected chi connectivity index (χ4v) is 3.37. The molecule has 0 radical (unpaired) electrons. The van der Waals surface area contributed by atoms with Crippen molar-refractivity contribution in [3.8, 4) is 22.6 Å². The van der Waals surface area contributed by atoms with Crippen molar-refractivity contribution in [3.63, 3.8) is 0 Å². The monoisotopic (exact) mass is 361 g/mol. The molecule has 3 aromatic rings. The van der Waals surface area contributed by atoms with Crippen LogP contribution in [0.4, 0.5) is 0 Å². The fourth-order valence-electron chi connectivity index (χ4n) is 3.37. The van der Waals surface area contributed by atoms with Crippen LogP contribution in [0.15, 0.2) is 72.8 Å². The normalized spacial score (nSPS) is 14.6. The third-order valence-corrected chi connectivity index (χ3v) is 4.69. The van der Waals surface area contributed by atoms with Crippen LogP contribution in [0.1, 0.15) is 23.1 Å². The molecule has 1 aliphatic rings. The number of aliphatic carboxylic acids is 1. The van der Waals surface area contributed by atoms with Crippen molar-refractivity contribution in [2.24, 2.45) is 0 Å². The number of carbonyl (C=O) groups is 1. The maximum atomic E-state index is 11.9. The number of carbonyl (C=O) groups excluding carboxylic acids is 1. The van der Waals surface area contributed by atoms with E-state index in [1.165, 1.54) is 0 Å². The quantitative estimate of drug-likeness (QED) is 0.756. The molecule has 0 aliphatic carbocycles. The number of fused-ring (bicyclic) bond motifs is 1. The van der Waals surface area contributed by atoms with Crippen molar-refractivity contribution in [2.75, 3.05) is 6.79 Å². The summed E-state index contributed by atoms with van der Waals surface area (Å²) in [5, 5.41) is 22.9. The molecule has 0 amide bonds. The number of hydrogen-bond donors (Lipinski definition) is 1. The highest BCUT2D eigenvalue weighted by atomic mass is 16.7. The number of benzene rings is 3. The van der Waals surface area contributed by atoms with E-state index in [-0.39, 0.29) is 6.79 Å². The standard InChI is InChI=1S/C22H18O5/c23-21(17-9-5-4-8-16(17)14-6-2-1-3-7-14)20(22(24)25)15-10-11-18-19(12-15)27-13-26-18/h1-12,20-21,23H,13H2,(H,24,25)/p-1. The van der Waals surface area contributed by atoms with Crippen LogP contribution in [0, 0.1) is 0 Å². The molecule has 3 aromatic carbocycles. The largest absolute Gasteiger partial charge is 0.549 e. The summed E-state index contributed by atoms with van der Waals surface area (Å²) < 4.78 is 10.6. The average Bonchev–Trinajstić information content (AvgIpc) is 3.16. The molecule has 4 rings (SSSR count). The van der Waals surface area contributed by atoms with Crippen molar-refractivity contribution in [1.82, 2.24) is 0 Å². The van der Waals surface area contributed by atoms with E-state index in [1.54, 1.807) is 30.3 Å². The summed E-state index contributed by atoms with van der Waals surface area (Å²) in [7, 11) is 0. The molecule has 5 heteroatoms. The molecule has 0 bridgehead atoms. The predicted molar refractivity (Wildman–Crippen MR) is 97.2 cm³/mol. The Balaban J connectivity index is 1.76. The Morgan fingerprint density at radius 2 is 1.63 bits per heavy atom. The SMILES string of the molecule is O=C([O-])C(c1ccc2c(c1)OCO2)C(O)c1ccccc1-c1ccccc1. The Morgan fingerprint density at radius 3 is 2.41 bits per heavy atom. The van der Waals surface area contributed by atoms with Crippen LogP contribution in [-0.4, -0.2) is 17.9 Å². The van der Waals surface area contributed by atoms with Gasteiger partial charge in [0.15, 0.2) is 11.5 Å². The number of rotatable bonds is 5. The Labute approximate surface area is 156 Å². The minimum Gasteiger partial charge on any atom is -0.549 e. The molecule has 5 nitrogen and oxygen atoms in total. The number of carboxylic acids is 1. The second kappa shape index (κ2) is 7.13. The lowest BCUT2D eigenvalue weighted by atomic mass is 9.85. The lowest BCUT2D eigenvalue weighted by molar-refractivity contribution is -0.310. The van der Waals surface area contributed by atoms with Crippen LogP contribution < -0.4 is 14.6 Å². The second-order valence-electron chi connectivity index (χ2n) is 6.31. The molecule has 1 heterocycles. The van der Waals surface area contributed by atoms with Gasteiger partial charge < -0.3 is 24.5 Å². The molecule has 0 spiro atoms. The number of ether oxygens (including phenoxy) is 2. The summed E-state index contributed by atoms with van der Waals surface area (Å²) in [6.07, 6.45) is -1.29. The first-order valence-corrected chi connectivity index (χ1v) is 8.58. The summed E-state index contributed by atoms with van der Waals surface area (Å²) in [5.74, 6) is -1.59. The number of aliphatic hydroxyl groups is 1. The van der Waals surface area contributed by atoms with Crippen LogP contribution in [0.3, 0.4) is 0 Å². The summed E-state index contributed by atoms with van der Waals surface area (Å²) in [5.41, 5.74) is 2.60. The highest BCUT2D eigenvalue weighted by Gasteiger charge is 2.28. The first-order chi connectivity index (χ1) is 13.1. The molecular formula is C22H17O5-. The Kier molecular flexibility index (Phi) is 4.52. The second-order valence-corrected chi connectivity index (χ2v) is 6.31. The molecular weight excluding hydrogens is 344 g/mol. The number of hydrogen-bond acceptors (Lipinski definition) is 5. The summed E-state index contributed by atoms with van der Waals surface area (Å²) >= 11 is 0. The average molecular weight is 361 g/mol. The highest BCUT2D eigenvalue weighted by molar-refractivity contribution is 5.77. The van der Waals surface area contributed by atoms with Crippen molar-refractivity contribution >= 4 is 5.97 Å². The summed E-state index contributed by atoms with van der Waals surface area (Å²) in [6.45, 7) is 0.0914. The van der Waals surface area contributed by atoms with Crippen molar-refractivity contribution < 1.29 is 24.5 Å². The van der Waals surface area contributed by atoms with E-state index in [2.05, 4.69) is 0 Å². The van der Waals surface area contributed by atoms with Gasteiger partial charge in [-0.05, 0) is 34.4 Å².